The van der Waals surface area contributed by atoms with Crippen molar-refractivity contribution in [3.05, 3.63) is 11.3 Å². The number of carbonyl (C=O) groups is 1. The van der Waals surface area contributed by atoms with Crippen molar-refractivity contribution in [2.75, 3.05) is 6.54 Å². The molecule has 0 aromatic carbocycles. The minimum Gasteiger partial charge on any atom is -0.430 e. The van der Waals surface area contributed by atoms with E-state index in [1.807, 2.05) is 0 Å². The first-order valence-corrected chi connectivity index (χ1v) is 6.89. The molecule has 1 rings (SSSR count). The summed E-state index contributed by atoms with van der Waals surface area (Å²) < 4.78 is 5.02. The summed E-state index contributed by atoms with van der Waals surface area (Å²) in [6.07, 6.45) is 7.86. The maximum Gasteiger partial charge on any atom is 0.298 e. The maximum absolute atomic E-state index is 10.5. The lowest BCUT2D eigenvalue weighted by atomic mass is 9.95. The number of nitrogens with one attached hydrogen (secondary N) is 1. The Morgan fingerprint density at radius 1 is 1.39 bits per heavy atom. The number of hydrogen-bond donors (Lipinski definition) is 1. The maximum atomic E-state index is 10.5. The fourth-order valence-electron chi connectivity index (χ4n) is 2.49. The summed E-state index contributed by atoms with van der Waals surface area (Å²) >= 11 is 5.77. The van der Waals surface area contributed by atoms with Gasteiger partial charge in [-0.05, 0) is 25.8 Å². The predicted octanol–water partition coefficient (Wildman–Crippen LogP) is 3.91. The van der Waals surface area contributed by atoms with Gasteiger partial charge in [0.05, 0.1) is 5.54 Å². The second-order valence-corrected chi connectivity index (χ2v) is 4.83. The van der Waals surface area contributed by atoms with Gasteiger partial charge >= 0.3 is 0 Å². The third-order valence-corrected chi connectivity index (χ3v) is 3.64. The Bertz CT molecular complexity index is 266. The summed E-state index contributed by atoms with van der Waals surface area (Å²) in [6.45, 7) is 3.59. The molecule has 1 fully saturated rings. The Hall–Kier alpha value is -0.0600. The average Bonchev–Trinajstić information content (AvgIpc) is 2.81. The minimum absolute atomic E-state index is 0. The van der Waals surface area contributed by atoms with Gasteiger partial charge in [-0.25, -0.2) is 0 Å². The molecular formula is C13H23BrClNO2. The molecule has 0 atom stereocenters. The fraction of sp³-hybridized carbons (Fsp3) is 0.769. The highest BCUT2D eigenvalue weighted by Gasteiger charge is 2.38. The van der Waals surface area contributed by atoms with Crippen molar-refractivity contribution >= 4 is 35.1 Å². The second kappa shape index (κ2) is 9.82. The summed E-state index contributed by atoms with van der Waals surface area (Å²) in [6, 6.07) is 0. The lowest BCUT2D eigenvalue weighted by Gasteiger charge is -2.31. The molecule has 18 heavy (non-hydrogen) atoms. The fourth-order valence-corrected chi connectivity index (χ4v) is 2.75. The van der Waals surface area contributed by atoms with Crippen molar-refractivity contribution < 1.29 is 9.53 Å². The molecule has 1 saturated carbocycles. The monoisotopic (exact) mass is 339 g/mol. The van der Waals surface area contributed by atoms with Gasteiger partial charge in [-0.15, -0.1) is 17.0 Å². The Morgan fingerprint density at radius 2 is 2.06 bits per heavy atom. The van der Waals surface area contributed by atoms with E-state index in [-0.39, 0.29) is 22.5 Å². The van der Waals surface area contributed by atoms with Gasteiger partial charge in [0.2, 0.25) is 0 Å². The second-order valence-electron chi connectivity index (χ2n) is 4.61. The molecule has 1 N–H and O–H groups in total. The zero-order valence-corrected chi connectivity index (χ0v) is 13.4. The van der Waals surface area contributed by atoms with E-state index in [1.54, 1.807) is 0 Å². The Morgan fingerprint density at radius 3 is 2.56 bits per heavy atom. The summed E-state index contributed by atoms with van der Waals surface area (Å²) in [5.74, 6) is 0.572. The highest BCUT2D eigenvalue weighted by molar-refractivity contribution is 8.93. The van der Waals surface area contributed by atoms with Crippen LogP contribution in [0.1, 0.15) is 51.9 Å². The largest absolute Gasteiger partial charge is 0.430 e. The third kappa shape index (κ3) is 4.90. The molecule has 106 valence electrons. The lowest BCUT2D eigenvalue weighted by Crippen LogP contribution is -2.45. The number of carbonyl (C=O) groups excluding carboxylic acids is 1. The van der Waals surface area contributed by atoms with Gasteiger partial charge in [-0.1, -0.05) is 44.2 Å². The minimum atomic E-state index is -0.212. The van der Waals surface area contributed by atoms with Crippen LogP contribution in [-0.4, -0.2) is 18.6 Å². The standard InChI is InChI=1S/C13H22ClNO2.BrH/c1-2-3-6-9-15-13(7-4-5-8-13)12(10-14)17-11-16;/h10-11,15H,2-9H2,1H3;1H. The van der Waals surface area contributed by atoms with Crippen LogP contribution in [0.15, 0.2) is 11.3 Å². The van der Waals surface area contributed by atoms with Gasteiger partial charge in [-0.3, -0.25) is 4.79 Å². The van der Waals surface area contributed by atoms with Crippen molar-refractivity contribution in [1.29, 1.82) is 0 Å². The highest BCUT2D eigenvalue weighted by Crippen LogP contribution is 2.36. The van der Waals surface area contributed by atoms with Crippen molar-refractivity contribution in [3.8, 4) is 0 Å². The van der Waals surface area contributed by atoms with E-state index < -0.39 is 0 Å². The summed E-state index contributed by atoms with van der Waals surface area (Å²) in [5, 5.41) is 3.53. The van der Waals surface area contributed by atoms with E-state index >= 15 is 0 Å². The molecule has 3 nitrogen and oxygen atoms in total. The quantitative estimate of drug-likeness (QED) is 0.413. The number of unbranched alkanes of at least 4 members (excludes halogenated alkanes) is 2. The molecule has 0 amide bonds. The number of halogens is 2. The molecule has 0 heterocycles. The molecule has 0 spiro atoms. The number of hydrogen-bond acceptors (Lipinski definition) is 3. The Balaban J connectivity index is 0.00000289. The van der Waals surface area contributed by atoms with E-state index in [0.717, 1.165) is 38.6 Å². The van der Waals surface area contributed by atoms with Gasteiger partial charge in [-0.2, -0.15) is 0 Å². The summed E-state index contributed by atoms with van der Waals surface area (Å²) in [7, 11) is 0. The molecule has 0 unspecified atom stereocenters. The van der Waals surface area contributed by atoms with Gasteiger partial charge in [0.25, 0.3) is 6.47 Å². The SMILES string of the molecule is Br.CCCCCNC1(C(=CCl)OC=O)CCCC1. The molecule has 5 heteroatoms. The first-order chi connectivity index (χ1) is 8.29. The highest BCUT2D eigenvalue weighted by atomic mass is 79.9. The van der Waals surface area contributed by atoms with Gasteiger partial charge < -0.3 is 10.1 Å². The van der Waals surface area contributed by atoms with Crippen molar-refractivity contribution in [3.63, 3.8) is 0 Å². The summed E-state index contributed by atoms with van der Waals surface area (Å²) in [5.41, 5.74) is 1.18. The van der Waals surface area contributed by atoms with E-state index in [0.29, 0.717) is 12.2 Å². The van der Waals surface area contributed by atoms with Gasteiger partial charge in [0.15, 0.2) is 0 Å². The Kier molecular flexibility index (Phi) is 9.78. The molecule has 0 bridgehead atoms. The molecule has 1 aliphatic carbocycles. The number of ether oxygens (including phenoxy) is 1. The van der Waals surface area contributed by atoms with Crippen LogP contribution >= 0.6 is 28.6 Å². The molecule has 0 aromatic heterocycles. The predicted molar refractivity (Wildman–Crippen MR) is 80.1 cm³/mol. The van der Waals surface area contributed by atoms with E-state index in [2.05, 4.69) is 12.2 Å². The topological polar surface area (TPSA) is 38.3 Å². The molecule has 1 aliphatic rings. The third-order valence-electron chi connectivity index (χ3n) is 3.45. The molecular weight excluding hydrogens is 318 g/mol. The van der Waals surface area contributed by atoms with Crippen LogP contribution in [0.3, 0.4) is 0 Å². The van der Waals surface area contributed by atoms with Crippen molar-refractivity contribution in [2.45, 2.75) is 57.4 Å². The molecule has 0 radical (unpaired) electrons. The normalized spacial score (nSPS) is 18.2. The first-order valence-electron chi connectivity index (χ1n) is 6.45. The first kappa shape index (κ1) is 17.9. The zero-order valence-electron chi connectivity index (χ0n) is 10.9. The van der Waals surface area contributed by atoms with E-state index in [9.17, 15) is 4.79 Å². The van der Waals surface area contributed by atoms with Crippen molar-refractivity contribution in [1.82, 2.24) is 5.32 Å². The van der Waals surface area contributed by atoms with E-state index in [4.69, 9.17) is 16.3 Å². The zero-order chi connectivity index (χ0) is 12.6. The van der Waals surface area contributed by atoms with Crippen LogP contribution in [0.2, 0.25) is 0 Å². The lowest BCUT2D eigenvalue weighted by molar-refractivity contribution is -0.126. The smallest absolute Gasteiger partial charge is 0.298 e. The van der Waals surface area contributed by atoms with Crippen LogP contribution < -0.4 is 5.32 Å². The molecule has 0 aliphatic heterocycles. The van der Waals surface area contributed by atoms with Crippen LogP contribution in [0.4, 0.5) is 0 Å². The van der Waals surface area contributed by atoms with Crippen LogP contribution in [0.25, 0.3) is 0 Å². The molecule has 0 aromatic rings. The van der Waals surface area contributed by atoms with Gasteiger partial charge in [0, 0.05) is 5.54 Å². The van der Waals surface area contributed by atoms with Crippen molar-refractivity contribution in [2.24, 2.45) is 0 Å². The average molecular weight is 341 g/mol. The van der Waals surface area contributed by atoms with Crippen LogP contribution in [0, 0.1) is 0 Å². The summed E-state index contributed by atoms with van der Waals surface area (Å²) in [4.78, 5) is 10.5. The Labute approximate surface area is 125 Å². The number of rotatable bonds is 8. The van der Waals surface area contributed by atoms with Crippen LogP contribution in [0.5, 0.6) is 0 Å². The van der Waals surface area contributed by atoms with E-state index in [1.165, 1.54) is 18.4 Å². The molecule has 0 saturated heterocycles. The van der Waals surface area contributed by atoms with Gasteiger partial charge in [0.1, 0.15) is 5.76 Å². The van der Waals surface area contributed by atoms with Crippen LogP contribution in [-0.2, 0) is 9.53 Å².